The van der Waals surface area contributed by atoms with Crippen LogP contribution in [0.2, 0.25) is 0 Å². The average molecular weight is 306 g/mol. The number of para-hydroxylation sites is 1. The summed E-state index contributed by atoms with van der Waals surface area (Å²) in [6, 6.07) is 7.69. The Morgan fingerprint density at radius 1 is 1.42 bits per heavy atom. The van der Waals surface area contributed by atoms with E-state index in [9.17, 15) is 9.36 Å². The summed E-state index contributed by atoms with van der Waals surface area (Å²) >= 11 is 5.76. The lowest BCUT2D eigenvalue weighted by Crippen LogP contribution is -2.33. The van der Waals surface area contributed by atoms with Gasteiger partial charge in [0.25, 0.3) is 0 Å². The summed E-state index contributed by atoms with van der Waals surface area (Å²) in [6.07, 6.45) is 0.720. The Kier molecular flexibility index (Phi) is 6.35. The predicted molar refractivity (Wildman–Crippen MR) is 74.4 cm³/mol. The van der Waals surface area contributed by atoms with Crippen LogP contribution in [0.1, 0.15) is 20.3 Å². The number of hydrogen-bond donors (Lipinski definition) is 1. The molecule has 0 aliphatic heterocycles. The molecule has 1 aromatic rings. The summed E-state index contributed by atoms with van der Waals surface area (Å²) in [5.41, 5.74) is 0. The largest absolute Gasteiger partial charge is 0.465 e. The molecule has 0 aliphatic carbocycles. The number of ether oxygens (including phenoxy) is 1. The molecule has 0 aliphatic rings. The van der Waals surface area contributed by atoms with Gasteiger partial charge in [-0.05, 0) is 25.5 Å². The van der Waals surface area contributed by atoms with E-state index in [0.717, 1.165) is 6.42 Å². The van der Waals surface area contributed by atoms with E-state index in [1.807, 2.05) is 6.92 Å². The van der Waals surface area contributed by atoms with Gasteiger partial charge in [0.15, 0.2) is 0 Å². The van der Waals surface area contributed by atoms with E-state index < -0.39 is 18.9 Å². The molecule has 0 saturated carbocycles. The standard InChI is InChI=1S/C12H17ClNO4P/c1-3-9-17-12(15)10(2)14-19(13,16)18-11-7-5-4-6-8-11/h4-8,10H,3,9H2,1-2H3,(H,14,16)/t10-,19+/m0/s1. The van der Waals surface area contributed by atoms with Crippen molar-refractivity contribution in [2.24, 2.45) is 0 Å². The Morgan fingerprint density at radius 3 is 2.63 bits per heavy atom. The average Bonchev–Trinajstić information content (AvgIpc) is 2.35. The minimum Gasteiger partial charge on any atom is -0.465 e. The van der Waals surface area contributed by atoms with Crippen LogP contribution in [0.15, 0.2) is 30.3 Å². The van der Waals surface area contributed by atoms with Gasteiger partial charge in [-0.15, -0.1) is 0 Å². The lowest BCUT2D eigenvalue weighted by atomic mass is 10.3. The molecule has 1 aromatic carbocycles. The maximum absolute atomic E-state index is 12.0. The molecule has 0 aromatic heterocycles. The third kappa shape index (κ3) is 6.10. The summed E-state index contributed by atoms with van der Waals surface area (Å²) in [5.74, 6) is -0.151. The van der Waals surface area contributed by atoms with Crippen LogP contribution in [0.4, 0.5) is 0 Å². The highest BCUT2D eigenvalue weighted by Gasteiger charge is 2.27. The lowest BCUT2D eigenvalue weighted by Gasteiger charge is -2.18. The monoisotopic (exact) mass is 305 g/mol. The molecule has 1 N–H and O–H groups in total. The van der Waals surface area contributed by atoms with Crippen LogP contribution >= 0.6 is 18.1 Å². The summed E-state index contributed by atoms with van der Waals surface area (Å²) in [5, 5.41) is 2.44. The first-order chi connectivity index (χ1) is 8.94. The van der Waals surface area contributed by atoms with Gasteiger partial charge in [0, 0.05) is 11.2 Å². The van der Waals surface area contributed by atoms with E-state index in [2.05, 4.69) is 5.09 Å². The number of esters is 1. The van der Waals surface area contributed by atoms with Gasteiger partial charge in [-0.1, -0.05) is 25.1 Å². The molecule has 19 heavy (non-hydrogen) atoms. The van der Waals surface area contributed by atoms with E-state index in [0.29, 0.717) is 12.4 Å². The second-order valence-corrected chi connectivity index (χ2v) is 6.64. The molecular weight excluding hydrogens is 289 g/mol. The maximum atomic E-state index is 12.0. The van der Waals surface area contributed by atoms with Crippen molar-refractivity contribution in [1.82, 2.24) is 5.09 Å². The lowest BCUT2D eigenvalue weighted by molar-refractivity contribution is -0.145. The third-order valence-corrected chi connectivity index (χ3v) is 3.76. The summed E-state index contributed by atoms with van der Waals surface area (Å²) < 4.78 is 22.0. The number of benzene rings is 1. The second-order valence-electron chi connectivity index (χ2n) is 3.90. The highest BCUT2D eigenvalue weighted by molar-refractivity contribution is 7.84. The summed E-state index contributed by atoms with van der Waals surface area (Å²) in [6.45, 7) is 0.0818. The minimum atomic E-state index is -3.64. The molecule has 106 valence electrons. The Hall–Kier alpha value is -1.03. The molecule has 0 unspecified atom stereocenters. The van der Waals surface area contributed by atoms with Crippen molar-refractivity contribution in [2.45, 2.75) is 26.3 Å². The fourth-order valence-corrected chi connectivity index (χ4v) is 2.95. The number of carbonyl (C=O) groups is 1. The van der Waals surface area contributed by atoms with Gasteiger partial charge in [-0.25, -0.2) is 9.65 Å². The molecule has 0 radical (unpaired) electrons. The van der Waals surface area contributed by atoms with Crippen LogP contribution in [0, 0.1) is 0 Å². The first kappa shape index (κ1) is 16.0. The first-order valence-corrected chi connectivity index (χ1v) is 8.46. The van der Waals surface area contributed by atoms with Crippen LogP contribution in [-0.4, -0.2) is 18.6 Å². The molecular formula is C12H17ClNO4P. The normalized spacial score (nSPS) is 15.3. The molecule has 5 nitrogen and oxygen atoms in total. The Labute approximate surface area is 117 Å². The fourth-order valence-electron chi connectivity index (χ4n) is 1.25. The number of carbonyl (C=O) groups excluding carboxylic acids is 1. The smallest absolute Gasteiger partial charge is 0.409 e. The molecule has 0 spiro atoms. The zero-order valence-electron chi connectivity index (χ0n) is 10.8. The molecule has 7 heteroatoms. The molecule has 0 saturated heterocycles. The predicted octanol–water partition coefficient (Wildman–Crippen LogP) is 3.34. The van der Waals surface area contributed by atoms with Gasteiger partial charge in [0.1, 0.15) is 11.8 Å². The minimum absolute atomic E-state index is 0.316. The van der Waals surface area contributed by atoms with E-state index >= 15 is 0 Å². The van der Waals surface area contributed by atoms with Gasteiger partial charge >= 0.3 is 12.8 Å². The van der Waals surface area contributed by atoms with E-state index in [4.69, 9.17) is 20.5 Å². The van der Waals surface area contributed by atoms with Crippen molar-refractivity contribution in [3.8, 4) is 5.75 Å². The zero-order valence-corrected chi connectivity index (χ0v) is 12.5. The molecule has 1 rings (SSSR count). The summed E-state index contributed by atoms with van der Waals surface area (Å²) in [4.78, 5) is 11.5. The Bertz CT molecular complexity index is 454. The topological polar surface area (TPSA) is 64.6 Å². The Morgan fingerprint density at radius 2 is 2.05 bits per heavy atom. The quantitative estimate of drug-likeness (QED) is 0.618. The van der Waals surface area contributed by atoms with Crippen molar-refractivity contribution < 1.29 is 18.6 Å². The van der Waals surface area contributed by atoms with Crippen LogP contribution in [-0.2, 0) is 14.1 Å². The van der Waals surface area contributed by atoms with E-state index in [-0.39, 0.29) is 0 Å². The number of hydrogen-bond acceptors (Lipinski definition) is 4. The van der Waals surface area contributed by atoms with Gasteiger partial charge in [0.2, 0.25) is 0 Å². The van der Waals surface area contributed by atoms with Crippen molar-refractivity contribution in [3.05, 3.63) is 30.3 Å². The number of nitrogens with one attached hydrogen (secondary N) is 1. The molecule has 2 atom stereocenters. The van der Waals surface area contributed by atoms with Crippen molar-refractivity contribution >= 4 is 24.1 Å². The first-order valence-electron chi connectivity index (χ1n) is 5.93. The molecule has 0 amide bonds. The maximum Gasteiger partial charge on any atom is 0.409 e. The SMILES string of the molecule is CCCOC(=O)[C@H](C)N[P@@](=O)(Cl)Oc1ccccc1. The van der Waals surface area contributed by atoms with Gasteiger partial charge in [-0.2, -0.15) is 0 Å². The van der Waals surface area contributed by atoms with Crippen LogP contribution in [0.5, 0.6) is 5.75 Å². The van der Waals surface area contributed by atoms with Crippen molar-refractivity contribution in [1.29, 1.82) is 0 Å². The summed E-state index contributed by atoms with van der Waals surface area (Å²) in [7, 11) is 0. The van der Waals surface area contributed by atoms with Gasteiger partial charge in [-0.3, -0.25) is 4.79 Å². The van der Waals surface area contributed by atoms with Crippen molar-refractivity contribution in [3.63, 3.8) is 0 Å². The van der Waals surface area contributed by atoms with Crippen LogP contribution in [0.3, 0.4) is 0 Å². The van der Waals surface area contributed by atoms with Crippen LogP contribution < -0.4 is 9.61 Å². The van der Waals surface area contributed by atoms with Crippen molar-refractivity contribution in [2.75, 3.05) is 6.61 Å². The fraction of sp³-hybridized carbons (Fsp3) is 0.417. The Balaban J connectivity index is 2.54. The number of halogens is 1. The van der Waals surface area contributed by atoms with E-state index in [1.54, 1.807) is 30.3 Å². The third-order valence-electron chi connectivity index (χ3n) is 2.12. The van der Waals surface area contributed by atoms with Crippen LogP contribution in [0.25, 0.3) is 0 Å². The molecule has 0 heterocycles. The number of rotatable bonds is 7. The van der Waals surface area contributed by atoms with E-state index in [1.165, 1.54) is 6.92 Å². The van der Waals surface area contributed by atoms with Gasteiger partial charge in [0.05, 0.1) is 6.61 Å². The molecule has 0 bridgehead atoms. The second kappa shape index (κ2) is 7.53. The molecule has 0 fully saturated rings. The highest BCUT2D eigenvalue weighted by atomic mass is 35.7. The van der Waals surface area contributed by atoms with Gasteiger partial charge < -0.3 is 9.26 Å². The zero-order chi connectivity index (χ0) is 14.3. The highest BCUT2D eigenvalue weighted by Crippen LogP contribution is 2.48.